The van der Waals surface area contributed by atoms with E-state index in [2.05, 4.69) is 27.7 Å². The Morgan fingerprint density at radius 2 is 1.47 bits per heavy atom. The van der Waals surface area contributed by atoms with Gasteiger partial charge in [-0.05, 0) is 74.2 Å². The van der Waals surface area contributed by atoms with Crippen LogP contribution < -0.4 is 14.2 Å². The first-order chi connectivity index (χ1) is 14.5. The third-order valence-electron chi connectivity index (χ3n) is 5.16. The third kappa shape index (κ3) is 8.48. The smallest absolute Gasteiger partial charge is 0.343 e. The molecule has 4 heteroatoms. The molecule has 0 amide bonds. The molecule has 0 aliphatic rings. The van der Waals surface area contributed by atoms with Crippen LogP contribution in [-0.4, -0.2) is 18.7 Å². The summed E-state index contributed by atoms with van der Waals surface area (Å²) in [6.07, 6.45) is 7.24. The molecule has 0 saturated heterocycles. The van der Waals surface area contributed by atoms with Crippen LogP contribution in [-0.2, 0) is 0 Å². The number of carbonyl (C=O) groups is 1. The van der Waals surface area contributed by atoms with Gasteiger partial charge in [0.25, 0.3) is 0 Å². The van der Waals surface area contributed by atoms with Crippen molar-refractivity contribution in [3.63, 3.8) is 0 Å². The highest BCUT2D eigenvalue weighted by atomic mass is 16.5. The molecule has 0 bridgehead atoms. The molecule has 2 rings (SSSR count). The van der Waals surface area contributed by atoms with Crippen LogP contribution >= 0.6 is 0 Å². The average Bonchev–Trinajstić information content (AvgIpc) is 2.76. The fraction of sp³-hybridized carbons (Fsp3) is 0.500. The second-order valence-corrected chi connectivity index (χ2v) is 7.99. The predicted octanol–water partition coefficient (Wildman–Crippen LogP) is 7.07. The zero-order valence-corrected chi connectivity index (χ0v) is 18.9. The second-order valence-electron chi connectivity index (χ2n) is 7.99. The van der Waals surface area contributed by atoms with Crippen LogP contribution in [0.15, 0.2) is 48.5 Å². The molecule has 4 nitrogen and oxygen atoms in total. The maximum atomic E-state index is 12.4. The molecule has 1 unspecified atom stereocenters. The molecule has 0 spiro atoms. The van der Waals surface area contributed by atoms with E-state index in [1.807, 2.05) is 24.3 Å². The number of unbranched alkanes of at least 4 members (excludes halogenated alkanes) is 3. The van der Waals surface area contributed by atoms with E-state index >= 15 is 0 Å². The summed E-state index contributed by atoms with van der Waals surface area (Å²) in [7, 11) is 0. The molecule has 0 saturated carbocycles. The minimum absolute atomic E-state index is 0.167. The van der Waals surface area contributed by atoms with Crippen molar-refractivity contribution in [3.05, 3.63) is 54.1 Å². The molecule has 2 aromatic rings. The fourth-order valence-corrected chi connectivity index (χ4v) is 2.95. The molecule has 0 fully saturated rings. The van der Waals surface area contributed by atoms with Crippen LogP contribution in [0.3, 0.4) is 0 Å². The van der Waals surface area contributed by atoms with Gasteiger partial charge in [0.15, 0.2) is 0 Å². The van der Waals surface area contributed by atoms with Crippen LogP contribution in [0, 0.1) is 5.92 Å². The van der Waals surface area contributed by atoms with E-state index in [0.29, 0.717) is 23.8 Å². The predicted molar refractivity (Wildman–Crippen MR) is 122 cm³/mol. The van der Waals surface area contributed by atoms with Crippen molar-refractivity contribution in [2.24, 2.45) is 5.92 Å². The van der Waals surface area contributed by atoms with Gasteiger partial charge < -0.3 is 14.2 Å². The van der Waals surface area contributed by atoms with Gasteiger partial charge in [0.2, 0.25) is 0 Å². The van der Waals surface area contributed by atoms with Crippen LogP contribution in [0.2, 0.25) is 0 Å². The number of rotatable bonds is 13. The van der Waals surface area contributed by atoms with Crippen LogP contribution in [0.1, 0.15) is 76.6 Å². The third-order valence-corrected chi connectivity index (χ3v) is 5.16. The van der Waals surface area contributed by atoms with Crippen LogP contribution in [0.4, 0.5) is 0 Å². The van der Waals surface area contributed by atoms with Gasteiger partial charge in [-0.25, -0.2) is 4.79 Å². The number of carbonyl (C=O) groups excluding carboxylic acids is 1. The summed E-state index contributed by atoms with van der Waals surface area (Å²) in [5.74, 6) is 2.18. The molecule has 0 N–H and O–H groups in total. The summed E-state index contributed by atoms with van der Waals surface area (Å²) in [5.41, 5.74) is 0.495. The van der Waals surface area contributed by atoms with Gasteiger partial charge in [0.05, 0.1) is 18.3 Å². The van der Waals surface area contributed by atoms with Crippen molar-refractivity contribution >= 4 is 5.97 Å². The highest BCUT2D eigenvalue weighted by Gasteiger charge is 2.10. The summed E-state index contributed by atoms with van der Waals surface area (Å²) < 4.78 is 17.1. The second kappa shape index (κ2) is 12.9. The van der Waals surface area contributed by atoms with Crippen molar-refractivity contribution in [2.75, 3.05) is 6.61 Å². The molecule has 0 aromatic heterocycles. The topological polar surface area (TPSA) is 44.8 Å². The van der Waals surface area contributed by atoms with E-state index in [9.17, 15) is 4.79 Å². The molecule has 0 heterocycles. The van der Waals surface area contributed by atoms with Crippen LogP contribution in [0.25, 0.3) is 0 Å². The molecule has 164 valence electrons. The molecule has 2 atom stereocenters. The van der Waals surface area contributed by atoms with E-state index in [-0.39, 0.29) is 12.1 Å². The molecule has 2 aromatic carbocycles. The lowest BCUT2D eigenvalue weighted by atomic mass is 10.1. The first-order valence-electron chi connectivity index (χ1n) is 11.2. The van der Waals surface area contributed by atoms with Gasteiger partial charge in [-0.2, -0.15) is 0 Å². The van der Waals surface area contributed by atoms with E-state index in [1.54, 1.807) is 24.3 Å². The maximum Gasteiger partial charge on any atom is 0.343 e. The first-order valence-corrected chi connectivity index (χ1v) is 11.2. The zero-order valence-electron chi connectivity index (χ0n) is 18.9. The van der Waals surface area contributed by atoms with Gasteiger partial charge in [-0.1, -0.05) is 46.5 Å². The van der Waals surface area contributed by atoms with E-state index in [0.717, 1.165) is 24.3 Å². The molecule has 0 aliphatic carbocycles. The summed E-state index contributed by atoms with van der Waals surface area (Å²) in [4.78, 5) is 12.4. The number of ether oxygens (including phenoxy) is 3. The first kappa shape index (κ1) is 23.8. The summed E-state index contributed by atoms with van der Waals surface area (Å²) in [5, 5.41) is 0. The number of hydrogen-bond donors (Lipinski definition) is 0. The van der Waals surface area contributed by atoms with Gasteiger partial charge in [-0.3, -0.25) is 0 Å². The minimum atomic E-state index is -0.387. The Bertz CT molecular complexity index is 737. The lowest BCUT2D eigenvalue weighted by molar-refractivity contribution is 0.0734. The van der Waals surface area contributed by atoms with Gasteiger partial charge in [-0.15, -0.1) is 0 Å². The number of esters is 1. The molecule has 0 aliphatic heterocycles. The normalized spacial score (nSPS) is 12.8. The Labute approximate surface area is 181 Å². The van der Waals surface area contributed by atoms with Crippen molar-refractivity contribution in [1.29, 1.82) is 0 Å². The Hall–Kier alpha value is -2.49. The quantitative estimate of drug-likeness (QED) is 0.200. The largest absolute Gasteiger partial charge is 0.493 e. The Morgan fingerprint density at radius 3 is 2.10 bits per heavy atom. The molecular formula is C26H36O4. The molecular weight excluding hydrogens is 376 g/mol. The Kier molecular flexibility index (Phi) is 10.3. The van der Waals surface area contributed by atoms with Crippen molar-refractivity contribution in [2.45, 2.75) is 72.3 Å². The standard InChI is InChI=1S/C26H36O4/c1-5-7-8-9-10-21(4)29-24-13-11-22(12-14-24)26(27)30-25-17-15-23(16-18-25)28-19-20(3)6-2/h11-18,20-21H,5-10,19H2,1-4H3/t20-,21?/m0/s1. The summed E-state index contributed by atoms with van der Waals surface area (Å²) in [6.45, 7) is 9.28. The highest BCUT2D eigenvalue weighted by molar-refractivity contribution is 5.91. The van der Waals surface area contributed by atoms with Gasteiger partial charge >= 0.3 is 5.97 Å². The van der Waals surface area contributed by atoms with Crippen molar-refractivity contribution in [1.82, 2.24) is 0 Å². The monoisotopic (exact) mass is 412 g/mol. The van der Waals surface area contributed by atoms with Gasteiger partial charge in [0, 0.05) is 0 Å². The fourth-order valence-electron chi connectivity index (χ4n) is 2.95. The minimum Gasteiger partial charge on any atom is -0.493 e. The lowest BCUT2D eigenvalue weighted by Crippen LogP contribution is -2.12. The Balaban J connectivity index is 1.81. The molecule has 0 radical (unpaired) electrons. The SMILES string of the molecule is CCCCCCC(C)Oc1ccc(C(=O)Oc2ccc(OC[C@@H](C)CC)cc2)cc1. The van der Waals surface area contributed by atoms with E-state index < -0.39 is 0 Å². The summed E-state index contributed by atoms with van der Waals surface area (Å²) in [6, 6.07) is 14.3. The van der Waals surface area contributed by atoms with Crippen LogP contribution in [0.5, 0.6) is 17.2 Å². The van der Waals surface area contributed by atoms with Crippen molar-refractivity contribution in [3.8, 4) is 17.2 Å². The van der Waals surface area contributed by atoms with E-state index in [1.165, 1.54) is 25.7 Å². The Morgan fingerprint density at radius 1 is 0.833 bits per heavy atom. The van der Waals surface area contributed by atoms with Crippen molar-refractivity contribution < 1.29 is 19.0 Å². The number of benzene rings is 2. The van der Waals surface area contributed by atoms with E-state index in [4.69, 9.17) is 14.2 Å². The van der Waals surface area contributed by atoms with Gasteiger partial charge in [0.1, 0.15) is 17.2 Å². The number of hydrogen-bond acceptors (Lipinski definition) is 4. The summed E-state index contributed by atoms with van der Waals surface area (Å²) >= 11 is 0. The zero-order chi connectivity index (χ0) is 21.8. The average molecular weight is 413 g/mol. The molecule has 30 heavy (non-hydrogen) atoms. The highest BCUT2D eigenvalue weighted by Crippen LogP contribution is 2.21. The lowest BCUT2D eigenvalue weighted by Gasteiger charge is -2.15. The maximum absolute atomic E-state index is 12.4.